The highest BCUT2D eigenvalue weighted by atomic mass is 32.1. The molecule has 1 aromatic rings. The van der Waals surface area contributed by atoms with Crippen molar-refractivity contribution in [3.8, 4) is 11.8 Å². The van der Waals surface area contributed by atoms with Gasteiger partial charge in [-0.05, 0) is 5.92 Å². The van der Waals surface area contributed by atoms with E-state index in [0.29, 0.717) is 23.5 Å². The van der Waals surface area contributed by atoms with Crippen molar-refractivity contribution < 1.29 is 9.59 Å². The Kier molecular flexibility index (Phi) is 3.83. The number of rotatable bonds is 2. The molecular formula is C9H8N2O2S. The van der Waals surface area contributed by atoms with Crippen LogP contribution in [0.2, 0.25) is 0 Å². The molecular weight excluding hydrogens is 200 g/mol. The summed E-state index contributed by atoms with van der Waals surface area (Å²) < 4.78 is 0. The number of hydrogen-bond donors (Lipinski definition) is 1. The fourth-order valence-electron chi connectivity index (χ4n) is 0.703. The van der Waals surface area contributed by atoms with Gasteiger partial charge < -0.3 is 5.32 Å². The molecule has 0 aliphatic heterocycles. The van der Waals surface area contributed by atoms with Crippen LogP contribution in [-0.2, 0) is 4.79 Å². The van der Waals surface area contributed by atoms with Crippen molar-refractivity contribution in [1.29, 1.82) is 0 Å². The molecule has 0 spiro atoms. The monoisotopic (exact) mass is 208 g/mol. The number of carbonyl (C=O) groups excluding carboxylic acids is 2. The van der Waals surface area contributed by atoms with Crippen LogP contribution in [0.25, 0.3) is 0 Å². The van der Waals surface area contributed by atoms with E-state index in [1.807, 2.05) is 0 Å². The van der Waals surface area contributed by atoms with Crippen molar-refractivity contribution in [2.45, 2.75) is 6.92 Å². The number of amides is 1. The second-order valence-electron chi connectivity index (χ2n) is 2.40. The summed E-state index contributed by atoms with van der Waals surface area (Å²) in [5.41, 5.74) is 0.558. The summed E-state index contributed by atoms with van der Waals surface area (Å²) in [6, 6.07) is 0. The first-order valence-electron chi connectivity index (χ1n) is 3.86. The number of aldehydes is 1. The van der Waals surface area contributed by atoms with Crippen LogP contribution in [0, 0.1) is 11.8 Å². The van der Waals surface area contributed by atoms with Crippen LogP contribution in [0.15, 0.2) is 5.38 Å². The van der Waals surface area contributed by atoms with Crippen molar-refractivity contribution in [3.63, 3.8) is 0 Å². The molecule has 1 heterocycles. The Morgan fingerprint density at radius 2 is 2.57 bits per heavy atom. The summed E-state index contributed by atoms with van der Waals surface area (Å²) >= 11 is 1.24. The van der Waals surface area contributed by atoms with E-state index in [1.54, 1.807) is 5.38 Å². The fourth-order valence-corrected chi connectivity index (χ4v) is 1.25. The van der Waals surface area contributed by atoms with Gasteiger partial charge in [-0.15, -0.1) is 11.3 Å². The molecule has 0 radical (unpaired) electrons. The van der Waals surface area contributed by atoms with Crippen molar-refractivity contribution in [1.82, 2.24) is 10.3 Å². The van der Waals surface area contributed by atoms with Crippen molar-refractivity contribution in [2.24, 2.45) is 0 Å². The maximum atomic E-state index is 10.5. The molecule has 0 atom stereocenters. The molecule has 0 aliphatic carbocycles. The quantitative estimate of drug-likeness (QED) is 0.567. The summed E-state index contributed by atoms with van der Waals surface area (Å²) in [6.45, 7) is 1.72. The largest absolute Gasteiger partial charge is 0.345 e. The maximum absolute atomic E-state index is 10.5. The molecule has 1 amide bonds. The van der Waals surface area contributed by atoms with Crippen molar-refractivity contribution in [2.75, 3.05) is 6.54 Å². The van der Waals surface area contributed by atoms with E-state index in [4.69, 9.17) is 0 Å². The summed E-state index contributed by atoms with van der Waals surface area (Å²) in [5, 5.41) is 4.64. The Labute approximate surface area is 85.4 Å². The molecule has 1 N–H and O–H groups in total. The summed E-state index contributed by atoms with van der Waals surface area (Å²) in [4.78, 5) is 24.7. The van der Waals surface area contributed by atoms with E-state index in [9.17, 15) is 9.59 Å². The van der Waals surface area contributed by atoms with Gasteiger partial charge in [-0.3, -0.25) is 9.59 Å². The van der Waals surface area contributed by atoms with E-state index in [-0.39, 0.29) is 5.91 Å². The van der Waals surface area contributed by atoms with Crippen molar-refractivity contribution >= 4 is 23.5 Å². The van der Waals surface area contributed by atoms with Gasteiger partial charge in [0.25, 0.3) is 0 Å². The third-order valence-electron chi connectivity index (χ3n) is 1.26. The third-order valence-corrected chi connectivity index (χ3v) is 2.04. The topological polar surface area (TPSA) is 59.1 Å². The standard InChI is InChI=1S/C9H8N2O2S/c1-7(13)10-4-2-3-8-6-14-9(5-12)11-8/h5-6H,4H2,1H3,(H,10,13). The second-order valence-corrected chi connectivity index (χ2v) is 3.29. The third kappa shape index (κ3) is 3.37. The fraction of sp³-hybridized carbons (Fsp3) is 0.222. The highest BCUT2D eigenvalue weighted by Gasteiger charge is 1.95. The van der Waals surface area contributed by atoms with Crippen LogP contribution < -0.4 is 5.32 Å². The van der Waals surface area contributed by atoms with Crippen LogP contribution in [0.1, 0.15) is 22.4 Å². The smallest absolute Gasteiger partial charge is 0.217 e. The molecule has 14 heavy (non-hydrogen) atoms. The van der Waals surface area contributed by atoms with E-state index in [2.05, 4.69) is 22.1 Å². The first-order valence-corrected chi connectivity index (χ1v) is 4.74. The van der Waals surface area contributed by atoms with Gasteiger partial charge in [0.1, 0.15) is 5.69 Å². The zero-order chi connectivity index (χ0) is 10.4. The second kappa shape index (κ2) is 5.14. The Balaban J connectivity index is 2.50. The average molecular weight is 208 g/mol. The molecule has 5 heteroatoms. The van der Waals surface area contributed by atoms with Crippen LogP contribution in [0.3, 0.4) is 0 Å². The van der Waals surface area contributed by atoms with Crippen LogP contribution in [-0.4, -0.2) is 23.7 Å². The zero-order valence-electron chi connectivity index (χ0n) is 7.53. The molecule has 0 aromatic carbocycles. The SMILES string of the molecule is CC(=O)NCC#Cc1csc(C=O)n1. The predicted octanol–water partition coefficient (Wildman–Crippen LogP) is 0.443. The Bertz CT molecular complexity index is 400. The Hall–Kier alpha value is -1.67. The number of nitrogens with one attached hydrogen (secondary N) is 1. The first kappa shape index (κ1) is 10.4. The van der Waals surface area contributed by atoms with Gasteiger partial charge in [0, 0.05) is 12.3 Å². The molecule has 1 rings (SSSR count). The minimum absolute atomic E-state index is 0.119. The van der Waals surface area contributed by atoms with Crippen LogP contribution >= 0.6 is 11.3 Å². The highest BCUT2D eigenvalue weighted by molar-refractivity contribution is 7.11. The van der Waals surface area contributed by atoms with Gasteiger partial charge in [-0.2, -0.15) is 0 Å². The molecule has 0 bridgehead atoms. The van der Waals surface area contributed by atoms with E-state index >= 15 is 0 Å². The number of nitrogens with zero attached hydrogens (tertiary/aromatic N) is 1. The van der Waals surface area contributed by atoms with E-state index in [1.165, 1.54) is 18.3 Å². The predicted molar refractivity (Wildman–Crippen MR) is 53.1 cm³/mol. The van der Waals surface area contributed by atoms with Crippen LogP contribution in [0.4, 0.5) is 0 Å². The lowest BCUT2D eigenvalue weighted by molar-refractivity contribution is -0.118. The van der Waals surface area contributed by atoms with Gasteiger partial charge in [-0.1, -0.05) is 5.92 Å². The van der Waals surface area contributed by atoms with Gasteiger partial charge in [-0.25, -0.2) is 4.98 Å². The first-order chi connectivity index (χ1) is 6.72. The summed E-state index contributed by atoms with van der Waals surface area (Å²) in [5.74, 6) is 5.33. The molecule has 0 saturated carbocycles. The average Bonchev–Trinajstić information content (AvgIpc) is 2.60. The number of hydrogen-bond acceptors (Lipinski definition) is 4. The molecule has 0 unspecified atom stereocenters. The number of carbonyl (C=O) groups is 2. The number of aromatic nitrogens is 1. The normalized spacial score (nSPS) is 8.64. The van der Waals surface area contributed by atoms with Gasteiger partial charge in [0.2, 0.25) is 5.91 Å². The summed E-state index contributed by atoms with van der Waals surface area (Å²) in [7, 11) is 0. The Morgan fingerprint density at radius 3 is 3.14 bits per heavy atom. The lowest BCUT2D eigenvalue weighted by Crippen LogP contribution is -2.19. The molecule has 0 fully saturated rings. The zero-order valence-corrected chi connectivity index (χ0v) is 8.35. The lowest BCUT2D eigenvalue weighted by atomic mass is 10.4. The van der Waals surface area contributed by atoms with Gasteiger partial charge in [0.15, 0.2) is 11.3 Å². The molecule has 72 valence electrons. The minimum Gasteiger partial charge on any atom is -0.345 e. The summed E-state index contributed by atoms with van der Waals surface area (Å²) in [6.07, 6.45) is 0.684. The number of thiazole rings is 1. The Morgan fingerprint density at radius 1 is 1.79 bits per heavy atom. The molecule has 0 saturated heterocycles. The van der Waals surface area contributed by atoms with Crippen LogP contribution in [0.5, 0.6) is 0 Å². The van der Waals surface area contributed by atoms with Gasteiger partial charge >= 0.3 is 0 Å². The van der Waals surface area contributed by atoms with Gasteiger partial charge in [0.05, 0.1) is 6.54 Å². The molecule has 1 aromatic heterocycles. The highest BCUT2D eigenvalue weighted by Crippen LogP contribution is 2.05. The maximum Gasteiger partial charge on any atom is 0.217 e. The molecule has 0 aliphatic rings. The lowest BCUT2D eigenvalue weighted by Gasteiger charge is -1.90. The van der Waals surface area contributed by atoms with E-state index in [0.717, 1.165) is 0 Å². The van der Waals surface area contributed by atoms with Crippen molar-refractivity contribution in [3.05, 3.63) is 16.1 Å². The van der Waals surface area contributed by atoms with E-state index < -0.39 is 0 Å². The molecule has 4 nitrogen and oxygen atoms in total. The minimum atomic E-state index is -0.119.